The summed E-state index contributed by atoms with van der Waals surface area (Å²) in [5.74, 6) is -0.696. The number of ketones is 1. The fourth-order valence-corrected chi connectivity index (χ4v) is 1.63. The van der Waals surface area contributed by atoms with Gasteiger partial charge in [-0.3, -0.25) is 14.4 Å². The molecule has 1 saturated heterocycles. The Morgan fingerprint density at radius 3 is 2.56 bits per heavy atom. The topological polar surface area (TPSA) is 57.7 Å². The summed E-state index contributed by atoms with van der Waals surface area (Å²) in [4.78, 5) is 36.9. The minimum Gasteiger partial charge on any atom is -0.336 e. The molecule has 0 aromatic heterocycles. The molecule has 1 heterocycles. The number of Topliss-reactive ketones (excluding diaryl/α,β-unsaturated/α-hetero) is 1. The van der Waals surface area contributed by atoms with Crippen LogP contribution in [0.5, 0.6) is 0 Å². The van der Waals surface area contributed by atoms with Crippen LogP contribution < -0.4 is 0 Å². The van der Waals surface area contributed by atoms with E-state index in [-0.39, 0.29) is 5.78 Å². The van der Waals surface area contributed by atoms with Gasteiger partial charge in [0.15, 0.2) is 0 Å². The molecular formula is C11H18N2O3. The summed E-state index contributed by atoms with van der Waals surface area (Å²) in [5, 5.41) is 0. The van der Waals surface area contributed by atoms with E-state index < -0.39 is 11.8 Å². The number of rotatable bonds is 5. The van der Waals surface area contributed by atoms with Crippen molar-refractivity contribution in [1.29, 1.82) is 0 Å². The number of carbonyl (C=O) groups is 3. The third-order valence-electron chi connectivity index (χ3n) is 2.80. The smallest absolute Gasteiger partial charge is 0.312 e. The monoisotopic (exact) mass is 226 g/mol. The van der Waals surface area contributed by atoms with Crippen LogP contribution in [0.2, 0.25) is 0 Å². The van der Waals surface area contributed by atoms with Crippen molar-refractivity contribution >= 4 is 17.6 Å². The van der Waals surface area contributed by atoms with Gasteiger partial charge >= 0.3 is 11.8 Å². The first-order chi connectivity index (χ1) is 7.56. The molecule has 0 bridgehead atoms. The minimum absolute atomic E-state index is 0.202. The van der Waals surface area contributed by atoms with Crippen LogP contribution in [0.1, 0.15) is 26.2 Å². The zero-order valence-corrected chi connectivity index (χ0v) is 9.86. The highest BCUT2D eigenvalue weighted by molar-refractivity contribution is 6.35. The predicted octanol–water partition coefficient (Wildman–Crippen LogP) is 0.0463. The van der Waals surface area contributed by atoms with Crippen molar-refractivity contribution in [3.63, 3.8) is 0 Å². The van der Waals surface area contributed by atoms with Crippen molar-refractivity contribution < 1.29 is 14.4 Å². The van der Waals surface area contributed by atoms with Gasteiger partial charge < -0.3 is 9.80 Å². The van der Waals surface area contributed by atoms with Gasteiger partial charge in [-0.25, -0.2) is 0 Å². The van der Waals surface area contributed by atoms with Crippen molar-refractivity contribution in [3.8, 4) is 0 Å². The minimum atomic E-state index is -0.451. The maximum absolute atomic E-state index is 11.5. The highest BCUT2D eigenvalue weighted by Gasteiger charge is 2.29. The van der Waals surface area contributed by atoms with E-state index in [4.69, 9.17) is 0 Å². The van der Waals surface area contributed by atoms with Crippen LogP contribution in [0, 0.1) is 0 Å². The summed E-state index contributed by atoms with van der Waals surface area (Å²) >= 11 is 0. The molecule has 1 rings (SSSR count). The lowest BCUT2D eigenvalue weighted by Crippen LogP contribution is -2.52. The molecule has 1 aliphatic rings. The summed E-state index contributed by atoms with van der Waals surface area (Å²) in [7, 11) is 1.62. The molecule has 0 saturated carbocycles. The van der Waals surface area contributed by atoms with Crippen molar-refractivity contribution in [2.45, 2.75) is 26.2 Å². The van der Waals surface area contributed by atoms with Gasteiger partial charge in [0.1, 0.15) is 5.78 Å². The molecule has 0 N–H and O–H groups in total. The Kier molecular flexibility index (Phi) is 4.46. The molecule has 0 aliphatic carbocycles. The first kappa shape index (κ1) is 12.7. The number of hydrogen-bond acceptors (Lipinski definition) is 3. The Morgan fingerprint density at radius 2 is 1.94 bits per heavy atom. The van der Waals surface area contributed by atoms with E-state index in [0.29, 0.717) is 38.9 Å². The number of hydrogen-bond donors (Lipinski definition) is 0. The average Bonchev–Trinajstić information content (AvgIpc) is 2.29. The molecule has 0 atom stereocenters. The molecule has 2 amide bonds. The Hall–Kier alpha value is -1.39. The van der Waals surface area contributed by atoms with Crippen molar-refractivity contribution in [3.05, 3.63) is 0 Å². The van der Waals surface area contributed by atoms with Gasteiger partial charge in [0.2, 0.25) is 0 Å². The Morgan fingerprint density at radius 1 is 1.25 bits per heavy atom. The van der Waals surface area contributed by atoms with Gasteiger partial charge in [-0.1, -0.05) is 6.92 Å². The van der Waals surface area contributed by atoms with Gasteiger partial charge in [-0.05, 0) is 6.42 Å². The van der Waals surface area contributed by atoms with E-state index in [0.717, 1.165) is 0 Å². The maximum Gasteiger partial charge on any atom is 0.312 e. The van der Waals surface area contributed by atoms with Gasteiger partial charge in [0.25, 0.3) is 0 Å². The molecule has 0 spiro atoms. The fourth-order valence-electron chi connectivity index (χ4n) is 1.63. The summed E-state index contributed by atoms with van der Waals surface area (Å²) in [6.45, 7) is 3.48. The number of carbonyl (C=O) groups excluding carboxylic acids is 3. The molecule has 5 heteroatoms. The lowest BCUT2D eigenvalue weighted by molar-refractivity contribution is -0.155. The van der Waals surface area contributed by atoms with Crippen LogP contribution in [-0.4, -0.2) is 54.1 Å². The second-order valence-corrected chi connectivity index (χ2v) is 4.01. The largest absolute Gasteiger partial charge is 0.336 e. The second kappa shape index (κ2) is 5.63. The second-order valence-electron chi connectivity index (χ2n) is 4.01. The number of piperazine rings is 1. The summed E-state index contributed by atoms with van der Waals surface area (Å²) in [6.07, 6.45) is 1.68. The molecule has 0 unspecified atom stereocenters. The average molecular weight is 226 g/mol. The van der Waals surface area contributed by atoms with E-state index >= 15 is 0 Å². The lowest BCUT2D eigenvalue weighted by Gasteiger charge is -2.31. The van der Waals surface area contributed by atoms with Crippen LogP contribution in [0.25, 0.3) is 0 Å². The van der Waals surface area contributed by atoms with Crippen LogP contribution in [-0.2, 0) is 14.4 Å². The van der Waals surface area contributed by atoms with E-state index in [1.807, 2.05) is 6.92 Å². The van der Waals surface area contributed by atoms with Crippen molar-refractivity contribution in [1.82, 2.24) is 9.80 Å². The van der Waals surface area contributed by atoms with Crippen LogP contribution in [0.3, 0.4) is 0 Å². The van der Waals surface area contributed by atoms with E-state index in [1.54, 1.807) is 7.05 Å². The summed E-state index contributed by atoms with van der Waals surface area (Å²) in [5.41, 5.74) is 0. The molecule has 1 aliphatic heterocycles. The van der Waals surface area contributed by atoms with Gasteiger partial charge in [-0.2, -0.15) is 0 Å². The Bertz CT molecular complexity index is 302. The standard InChI is InChI=1S/C11H18N2O3/c1-3-9(14)5-4-6-13-8-7-12(2)10(15)11(13)16/h3-8H2,1-2H3. The van der Waals surface area contributed by atoms with Crippen LogP contribution in [0.4, 0.5) is 0 Å². The Balaban J connectivity index is 2.35. The van der Waals surface area contributed by atoms with E-state index in [9.17, 15) is 14.4 Å². The molecule has 5 nitrogen and oxygen atoms in total. The third-order valence-corrected chi connectivity index (χ3v) is 2.80. The molecule has 0 aromatic carbocycles. The first-order valence-corrected chi connectivity index (χ1v) is 5.62. The number of nitrogens with zero attached hydrogens (tertiary/aromatic N) is 2. The Labute approximate surface area is 95.4 Å². The SMILES string of the molecule is CCC(=O)CCCN1CCN(C)C(=O)C1=O. The van der Waals surface area contributed by atoms with Crippen LogP contribution in [0.15, 0.2) is 0 Å². The zero-order chi connectivity index (χ0) is 12.1. The highest BCUT2D eigenvalue weighted by Crippen LogP contribution is 2.05. The van der Waals surface area contributed by atoms with Crippen LogP contribution >= 0.6 is 0 Å². The fraction of sp³-hybridized carbons (Fsp3) is 0.727. The summed E-state index contributed by atoms with van der Waals surface area (Å²) < 4.78 is 0. The molecule has 16 heavy (non-hydrogen) atoms. The molecule has 90 valence electrons. The molecule has 0 radical (unpaired) electrons. The molecular weight excluding hydrogens is 208 g/mol. The highest BCUT2D eigenvalue weighted by atomic mass is 16.2. The predicted molar refractivity (Wildman–Crippen MR) is 58.7 cm³/mol. The molecule has 0 aromatic rings. The zero-order valence-electron chi connectivity index (χ0n) is 9.86. The maximum atomic E-state index is 11.5. The van der Waals surface area contributed by atoms with E-state index in [2.05, 4.69) is 0 Å². The van der Waals surface area contributed by atoms with E-state index in [1.165, 1.54) is 9.80 Å². The number of amides is 2. The third kappa shape index (κ3) is 3.05. The van der Waals surface area contributed by atoms with Gasteiger partial charge in [0, 0.05) is 39.5 Å². The van der Waals surface area contributed by atoms with Gasteiger partial charge in [-0.15, -0.1) is 0 Å². The number of likely N-dealkylation sites (N-methyl/N-ethyl adjacent to an activating group) is 1. The molecule has 1 fully saturated rings. The quantitative estimate of drug-likeness (QED) is 0.622. The van der Waals surface area contributed by atoms with Gasteiger partial charge in [0.05, 0.1) is 0 Å². The normalized spacial score (nSPS) is 16.9. The first-order valence-electron chi connectivity index (χ1n) is 5.62. The van der Waals surface area contributed by atoms with Crippen molar-refractivity contribution in [2.75, 3.05) is 26.7 Å². The summed E-state index contributed by atoms with van der Waals surface area (Å²) in [6, 6.07) is 0. The van der Waals surface area contributed by atoms with Crippen molar-refractivity contribution in [2.24, 2.45) is 0 Å². The lowest BCUT2D eigenvalue weighted by atomic mass is 10.1.